The number of halogens is 3. The SMILES string of the molecule is CCCCOC(=O)CNC(=O)c1ccc(F)c(F)c1F. The number of ether oxygens (including phenoxy) is 1. The van der Waals surface area contributed by atoms with Gasteiger partial charge in [0.1, 0.15) is 6.54 Å². The molecule has 110 valence electrons. The van der Waals surface area contributed by atoms with Gasteiger partial charge in [0.05, 0.1) is 12.2 Å². The number of esters is 1. The number of rotatable bonds is 6. The molecule has 0 heterocycles. The lowest BCUT2D eigenvalue weighted by Gasteiger charge is -2.07. The summed E-state index contributed by atoms with van der Waals surface area (Å²) in [6.45, 7) is 1.67. The molecule has 1 rings (SSSR count). The van der Waals surface area contributed by atoms with Crippen molar-refractivity contribution >= 4 is 11.9 Å². The van der Waals surface area contributed by atoms with Crippen molar-refractivity contribution in [1.29, 1.82) is 0 Å². The Bertz CT molecular complexity index is 506. The first-order valence-corrected chi connectivity index (χ1v) is 6.04. The van der Waals surface area contributed by atoms with E-state index in [0.717, 1.165) is 12.5 Å². The predicted molar refractivity (Wildman–Crippen MR) is 64.5 cm³/mol. The second-order valence-electron chi connectivity index (χ2n) is 3.98. The minimum Gasteiger partial charge on any atom is -0.464 e. The molecule has 0 bridgehead atoms. The van der Waals surface area contributed by atoms with Crippen LogP contribution >= 0.6 is 0 Å². The van der Waals surface area contributed by atoms with Gasteiger partial charge in [0.2, 0.25) is 0 Å². The Hall–Kier alpha value is -2.05. The Kier molecular flexibility index (Phi) is 6.02. The average molecular weight is 289 g/mol. The van der Waals surface area contributed by atoms with Crippen molar-refractivity contribution in [3.63, 3.8) is 0 Å². The summed E-state index contributed by atoms with van der Waals surface area (Å²) in [5, 5.41) is 2.07. The van der Waals surface area contributed by atoms with Gasteiger partial charge in [0, 0.05) is 0 Å². The first kappa shape index (κ1) is 16.0. The van der Waals surface area contributed by atoms with E-state index < -0.39 is 41.4 Å². The van der Waals surface area contributed by atoms with Crippen molar-refractivity contribution in [1.82, 2.24) is 5.32 Å². The second-order valence-corrected chi connectivity index (χ2v) is 3.98. The lowest BCUT2D eigenvalue weighted by Crippen LogP contribution is -2.31. The molecule has 4 nitrogen and oxygen atoms in total. The largest absolute Gasteiger partial charge is 0.464 e. The first-order chi connectivity index (χ1) is 9.47. The van der Waals surface area contributed by atoms with Crippen LogP contribution in [0.4, 0.5) is 13.2 Å². The molecule has 0 radical (unpaired) electrons. The highest BCUT2D eigenvalue weighted by atomic mass is 19.2. The fourth-order valence-electron chi connectivity index (χ4n) is 1.33. The molecule has 0 atom stereocenters. The van der Waals surface area contributed by atoms with E-state index in [1.807, 2.05) is 6.92 Å². The van der Waals surface area contributed by atoms with Gasteiger partial charge < -0.3 is 10.1 Å². The highest BCUT2D eigenvalue weighted by Crippen LogP contribution is 2.14. The molecule has 0 aliphatic carbocycles. The van der Waals surface area contributed by atoms with Crippen LogP contribution < -0.4 is 5.32 Å². The van der Waals surface area contributed by atoms with E-state index in [-0.39, 0.29) is 6.61 Å². The Morgan fingerprint density at radius 1 is 1.20 bits per heavy atom. The van der Waals surface area contributed by atoms with E-state index in [1.54, 1.807) is 0 Å². The van der Waals surface area contributed by atoms with Gasteiger partial charge in [-0.2, -0.15) is 0 Å². The number of benzene rings is 1. The van der Waals surface area contributed by atoms with Crippen LogP contribution in [0, 0.1) is 17.5 Å². The highest BCUT2D eigenvalue weighted by Gasteiger charge is 2.19. The summed E-state index contributed by atoms with van der Waals surface area (Å²) in [6, 6.07) is 1.43. The number of carbonyl (C=O) groups excluding carboxylic acids is 2. The molecule has 0 aromatic heterocycles. The molecule has 0 aliphatic rings. The number of hydrogen-bond acceptors (Lipinski definition) is 3. The molecule has 0 saturated heterocycles. The molecule has 0 saturated carbocycles. The van der Waals surface area contributed by atoms with Gasteiger partial charge in [-0.15, -0.1) is 0 Å². The Morgan fingerprint density at radius 2 is 1.90 bits per heavy atom. The molecular formula is C13H14F3NO3. The molecule has 1 amide bonds. The smallest absolute Gasteiger partial charge is 0.325 e. The van der Waals surface area contributed by atoms with Gasteiger partial charge in [-0.25, -0.2) is 13.2 Å². The van der Waals surface area contributed by atoms with Gasteiger partial charge in [-0.1, -0.05) is 13.3 Å². The van der Waals surface area contributed by atoms with Gasteiger partial charge in [0.25, 0.3) is 5.91 Å². The summed E-state index contributed by atoms with van der Waals surface area (Å²) in [5.41, 5.74) is -0.676. The van der Waals surface area contributed by atoms with Crippen LogP contribution in [-0.4, -0.2) is 25.0 Å². The molecule has 0 unspecified atom stereocenters. The summed E-state index contributed by atoms with van der Waals surface area (Å²) < 4.78 is 43.7. The zero-order valence-corrected chi connectivity index (χ0v) is 10.8. The number of hydrogen-bond donors (Lipinski definition) is 1. The van der Waals surface area contributed by atoms with Gasteiger partial charge in [-0.3, -0.25) is 9.59 Å². The predicted octanol–water partition coefficient (Wildman–Crippen LogP) is 2.18. The third-order valence-corrected chi connectivity index (χ3v) is 2.43. The summed E-state index contributed by atoms with van der Waals surface area (Å²) in [4.78, 5) is 22.7. The van der Waals surface area contributed by atoms with Crippen LogP contribution in [0.25, 0.3) is 0 Å². The standard InChI is InChI=1S/C13H14F3NO3/c1-2-3-6-20-10(18)7-17-13(19)8-4-5-9(14)12(16)11(8)15/h4-5H,2-3,6-7H2,1H3,(H,17,19). The van der Waals surface area contributed by atoms with E-state index in [1.165, 1.54) is 0 Å². The number of amides is 1. The average Bonchev–Trinajstić information content (AvgIpc) is 2.42. The quantitative estimate of drug-likeness (QED) is 0.496. The van der Waals surface area contributed by atoms with Crippen molar-refractivity contribution in [2.24, 2.45) is 0 Å². The lowest BCUT2D eigenvalue weighted by molar-refractivity contribution is -0.142. The normalized spacial score (nSPS) is 10.2. The molecule has 1 aromatic rings. The minimum absolute atomic E-state index is 0.227. The first-order valence-electron chi connectivity index (χ1n) is 6.04. The van der Waals surface area contributed by atoms with E-state index in [0.29, 0.717) is 12.5 Å². The van der Waals surface area contributed by atoms with Crippen molar-refractivity contribution in [2.45, 2.75) is 19.8 Å². The van der Waals surface area contributed by atoms with Gasteiger partial charge in [-0.05, 0) is 18.6 Å². The van der Waals surface area contributed by atoms with Crippen LogP contribution in [-0.2, 0) is 9.53 Å². The third-order valence-electron chi connectivity index (χ3n) is 2.43. The second kappa shape index (κ2) is 7.52. The molecule has 1 N–H and O–H groups in total. The van der Waals surface area contributed by atoms with Crippen LogP contribution in [0.2, 0.25) is 0 Å². The fraction of sp³-hybridized carbons (Fsp3) is 0.385. The van der Waals surface area contributed by atoms with Crippen LogP contribution in [0.1, 0.15) is 30.1 Å². The molecule has 0 aliphatic heterocycles. The van der Waals surface area contributed by atoms with Crippen molar-refractivity contribution in [3.8, 4) is 0 Å². The Morgan fingerprint density at radius 3 is 2.55 bits per heavy atom. The number of carbonyl (C=O) groups is 2. The molecule has 20 heavy (non-hydrogen) atoms. The minimum atomic E-state index is -1.73. The van der Waals surface area contributed by atoms with Crippen molar-refractivity contribution < 1.29 is 27.5 Å². The highest BCUT2D eigenvalue weighted by molar-refractivity contribution is 5.96. The van der Waals surface area contributed by atoms with Crippen LogP contribution in [0.3, 0.4) is 0 Å². The number of nitrogens with one attached hydrogen (secondary N) is 1. The van der Waals surface area contributed by atoms with Gasteiger partial charge >= 0.3 is 5.97 Å². The summed E-state index contributed by atoms with van der Waals surface area (Å²) >= 11 is 0. The molecule has 7 heteroatoms. The zero-order chi connectivity index (χ0) is 15.1. The maximum absolute atomic E-state index is 13.3. The van der Waals surface area contributed by atoms with E-state index in [4.69, 9.17) is 4.74 Å². The molecule has 0 spiro atoms. The topological polar surface area (TPSA) is 55.4 Å². The van der Waals surface area contributed by atoms with E-state index in [2.05, 4.69) is 5.32 Å². The zero-order valence-electron chi connectivity index (χ0n) is 10.8. The maximum atomic E-state index is 13.3. The molecule has 0 fully saturated rings. The third kappa shape index (κ3) is 4.25. The van der Waals surface area contributed by atoms with Crippen molar-refractivity contribution in [2.75, 3.05) is 13.2 Å². The lowest BCUT2D eigenvalue weighted by atomic mass is 10.2. The summed E-state index contributed by atoms with van der Waals surface area (Å²) in [5.74, 6) is -6.42. The summed E-state index contributed by atoms with van der Waals surface area (Å²) in [7, 11) is 0. The van der Waals surface area contributed by atoms with E-state index in [9.17, 15) is 22.8 Å². The molecule has 1 aromatic carbocycles. The monoisotopic (exact) mass is 289 g/mol. The Labute approximate surface area is 113 Å². The van der Waals surface area contributed by atoms with Crippen molar-refractivity contribution in [3.05, 3.63) is 35.1 Å². The Balaban J connectivity index is 2.55. The maximum Gasteiger partial charge on any atom is 0.325 e. The molecular weight excluding hydrogens is 275 g/mol. The number of unbranched alkanes of at least 4 members (excludes halogenated alkanes) is 1. The van der Waals surface area contributed by atoms with E-state index >= 15 is 0 Å². The van der Waals surface area contributed by atoms with Crippen LogP contribution in [0.5, 0.6) is 0 Å². The van der Waals surface area contributed by atoms with Crippen LogP contribution in [0.15, 0.2) is 12.1 Å². The summed E-state index contributed by atoms with van der Waals surface area (Å²) in [6.07, 6.45) is 1.54. The van der Waals surface area contributed by atoms with Gasteiger partial charge in [0.15, 0.2) is 17.5 Å². The fourth-order valence-corrected chi connectivity index (χ4v) is 1.33.